The van der Waals surface area contributed by atoms with E-state index in [9.17, 15) is 22.8 Å². The van der Waals surface area contributed by atoms with Gasteiger partial charge < -0.3 is 14.4 Å². The summed E-state index contributed by atoms with van der Waals surface area (Å²) in [4.78, 5) is 26.9. The van der Waals surface area contributed by atoms with Gasteiger partial charge in [-0.15, -0.1) is 0 Å². The number of rotatable bonds is 3. The quantitative estimate of drug-likeness (QED) is 0.800. The molecule has 6 nitrogen and oxygen atoms in total. The molecule has 9 heteroatoms. The van der Waals surface area contributed by atoms with Crippen LogP contribution in [0.4, 0.5) is 13.2 Å². The fraction of sp³-hybridized carbons (Fsp3) is 0.368. The van der Waals surface area contributed by atoms with Crippen LogP contribution in [0.3, 0.4) is 0 Å². The molecule has 1 aliphatic rings. The highest BCUT2D eigenvalue weighted by Crippen LogP contribution is 2.26. The number of aromatic nitrogens is 1. The predicted octanol–water partition coefficient (Wildman–Crippen LogP) is 2.56. The van der Waals surface area contributed by atoms with Crippen molar-refractivity contribution in [2.45, 2.75) is 19.2 Å². The van der Waals surface area contributed by atoms with E-state index >= 15 is 0 Å². The molecule has 28 heavy (non-hydrogen) atoms. The van der Waals surface area contributed by atoms with Gasteiger partial charge in [-0.2, -0.15) is 13.2 Å². The van der Waals surface area contributed by atoms with Crippen LogP contribution in [-0.4, -0.2) is 54.5 Å². The average molecular weight is 396 g/mol. The fourth-order valence-electron chi connectivity index (χ4n) is 3.10. The smallest absolute Gasteiger partial charge is 0.416 e. The molecule has 0 N–H and O–H groups in total. The van der Waals surface area contributed by atoms with Crippen LogP contribution < -0.4 is 10.3 Å². The first-order chi connectivity index (χ1) is 13.2. The molecule has 1 aliphatic heterocycles. The van der Waals surface area contributed by atoms with Crippen molar-refractivity contribution in [1.82, 2.24) is 9.47 Å². The normalized spacial score (nSPS) is 17.5. The van der Waals surface area contributed by atoms with Gasteiger partial charge in [0.25, 0.3) is 11.5 Å². The number of morpholine rings is 1. The van der Waals surface area contributed by atoms with E-state index in [0.717, 1.165) is 4.90 Å². The van der Waals surface area contributed by atoms with Gasteiger partial charge in [0, 0.05) is 12.7 Å². The first-order valence-corrected chi connectivity index (χ1v) is 8.57. The molecule has 1 unspecified atom stereocenters. The minimum atomic E-state index is -4.58. The van der Waals surface area contributed by atoms with Crippen LogP contribution in [0.1, 0.15) is 15.9 Å². The largest absolute Gasteiger partial charge is 0.495 e. The second kappa shape index (κ2) is 7.67. The molecule has 0 radical (unpaired) electrons. The number of carbonyl (C=O) groups excluding carboxylic acids is 1. The molecular weight excluding hydrogens is 377 g/mol. The molecule has 1 amide bonds. The highest BCUT2D eigenvalue weighted by atomic mass is 19.4. The lowest BCUT2D eigenvalue weighted by Gasteiger charge is -2.34. The highest BCUT2D eigenvalue weighted by molar-refractivity contribution is 5.95. The molecule has 0 saturated carbocycles. The number of hydrogen-bond acceptors (Lipinski definition) is 4. The van der Waals surface area contributed by atoms with Gasteiger partial charge in [-0.1, -0.05) is 12.1 Å². The Hall–Kier alpha value is -2.81. The summed E-state index contributed by atoms with van der Waals surface area (Å²) in [6, 6.07) is 8.33. The van der Waals surface area contributed by atoms with E-state index in [4.69, 9.17) is 9.47 Å². The van der Waals surface area contributed by atoms with Crippen LogP contribution in [0.2, 0.25) is 0 Å². The van der Waals surface area contributed by atoms with Crippen LogP contribution in [0.15, 0.2) is 41.3 Å². The van der Waals surface area contributed by atoms with E-state index in [2.05, 4.69) is 0 Å². The van der Waals surface area contributed by atoms with Crippen molar-refractivity contribution in [2.75, 3.05) is 26.8 Å². The van der Waals surface area contributed by atoms with E-state index in [1.54, 1.807) is 37.3 Å². The summed E-state index contributed by atoms with van der Waals surface area (Å²) in [5.41, 5.74) is 0.0242. The Morgan fingerprint density at radius 3 is 2.64 bits per heavy atom. The monoisotopic (exact) mass is 396 g/mol. The summed E-state index contributed by atoms with van der Waals surface area (Å²) in [6.45, 7) is 0.657. The lowest BCUT2D eigenvalue weighted by molar-refractivity contribution is -0.233. The van der Waals surface area contributed by atoms with Gasteiger partial charge in [-0.05, 0) is 30.7 Å². The number of nitrogens with zero attached hydrogens (tertiary/aromatic N) is 2. The van der Waals surface area contributed by atoms with Crippen molar-refractivity contribution < 1.29 is 27.4 Å². The molecule has 150 valence electrons. The third-order valence-electron chi connectivity index (χ3n) is 4.58. The summed E-state index contributed by atoms with van der Waals surface area (Å²) in [6.07, 6.45) is -5.14. The summed E-state index contributed by atoms with van der Waals surface area (Å²) >= 11 is 0. The van der Waals surface area contributed by atoms with E-state index in [0.29, 0.717) is 17.0 Å². The van der Waals surface area contributed by atoms with E-state index in [-0.39, 0.29) is 18.7 Å². The number of amides is 1. The van der Waals surface area contributed by atoms with E-state index < -0.39 is 30.3 Å². The molecule has 1 fully saturated rings. The minimum Gasteiger partial charge on any atom is -0.495 e. The summed E-state index contributed by atoms with van der Waals surface area (Å²) in [5, 5.41) is 0. The Morgan fingerprint density at radius 2 is 1.96 bits per heavy atom. The summed E-state index contributed by atoms with van der Waals surface area (Å²) in [7, 11) is 1.45. The molecule has 1 aromatic carbocycles. The Kier molecular flexibility index (Phi) is 5.46. The summed E-state index contributed by atoms with van der Waals surface area (Å²) < 4.78 is 50.1. The van der Waals surface area contributed by atoms with Gasteiger partial charge in [0.15, 0.2) is 6.10 Å². The Morgan fingerprint density at radius 1 is 1.25 bits per heavy atom. The number of benzene rings is 1. The number of aryl methyl sites for hydroxylation is 1. The van der Waals surface area contributed by atoms with Gasteiger partial charge in [0.2, 0.25) is 0 Å². The maximum atomic E-state index is 13.0. The maximum Gasteiger partial charge on any atom is 0.416 e. The molecule has 0 spiro atoms. The molecular formula is C19H19F3N2O4. The summed E-state index contributed by atoms with van der Waals surface area (Å²) in [5.74, 6) is -0.320. The van der Waals surface area contributed by atoms with Crippen LogP contribution in [0.25, 0.3) is 5.69 Å². The number of methoxy groups -OCH3 is 1. The number of carbonyl (C=O) groups is 1. The topological polar surface area (TPSA) is 60.8 Å². The van der Waals surface area contributed by atoms with Crippen molar-refractivity contribution >= 4 is 5.91 Å². The zero-order valence-electron chi connectivity index (χ0n) is 15.3. The average Bonchev–Trinajstić information content (AvgIpc) is 2.67. The van der Waals surface area contributed by atoms with Gasteiger partial charge in [0.1, 0.15) is 11.3 Å². The third kappa shape index (κ3) is 3.75. The minimum absolute atomic E-state index is 0.0200. The predicted molar refractivity (Wildman–Crippen MR) is 95.0 cm³/mol. The van der Waals surface area contributed by atoms with E-state index in [1.165, 1.54) is 17.9 Å². The SMILES string of the molecule is COc1ccccc1-n1ccc(C)c(C(=O)N2CCOC(C(F)(F)F)C2)c1=O. The Balaban J connectivity index is 2.01. The van der Waals surface area contributed by atoms with Gasteiger partial charge in [-0.3, -0.25) is 14.2 Å². The Bertz CT molecular complexity index is 940. The van der Waals surface area contributed by atoms with Crippen molar-refractivity contribution in [2.24, 2.45) is 0 Å². The first kappa shape index (κ1) is 19.9. The number of para-hydroxylation sites is 2. The first-order valence-electron chi connectivity index (χ1n) is 8.57. The highest BCUT2D eigenvalue weighted by Gasteiger charge is 2.44. The second-order valence-electron chi connectivity index (χ2n) is 6.37. The van der Waals surface area contributed by atoms with Crippen molar-refractivity contribution in [3.8, 4) is 11.4 Å². The van der Waals surface area contributed by atoms with Crippen LogP contribution >= 0.6 is 0 Å². The fourth-order valence-corrected chi connectivity index (χ4v) is 3.10. The third-order valence-corrected chi connectivity index (χ3v) is 4.58. The number of pyridine rings is 1. The van der Waals surface area contributed by atoms with Gasteiger partial charge in [-0.25, -0.2) is 0 Å². The number of ether oxygens (including phenoxy) is 2. The molecule has 1 aromatic heterocycles. The van der Waals surface area contributed by atoms with Crippen LogP contribution in [0.5, 0.6) is 5.75 Å². The zero-order valence-corrected chi connectivity index (χ0v) is 15.3. The number of halogens is 3. The molecule has 2 aromatic rings. The molecule has 1 atom stereocenters. The lowest BCUT2D eigenvalue weighted by atomic mass is 10.1. The standard InChI is InChI=1S/C19H19F3N2O4/c1-12-7-8-24(13-5-3-4-6-14(13)27-2)18(26)16(12)17(25)23-9-10-28-15(11-23)19(20,21)22/h3-8,15H,9-11H2,1-2H3. The number of alkyl halides is 3. The van der Waals surface area contributed by atoms with Gasteiger partial charge in [0.05, 0.1) is 25.9 Å². The zero-order chi connectivity index (χ0) is 20.5. The van der Waals surface area contributed by atoms with Crippen molar-refractivity contribution in [3.05, 3.63) is 58.0 Å². The van der Waals surface area contributed by atoms with Gasteiger partial charge >= 0.3 is 6.18 Å². The van der Waals surface area contributed by atoms with Crippen molar-refractivity contribution in [1.29, 1.82) is 0 Å². The van der Waals surface area contributed by atoms with E-state index in [1.807, 2.05) is 0 Å². The molecule has 0 aliphatic carbocycles. The molecule has 0 bridgehead atoms. The maximum absolute atomic E-state index is 13.0. The van der Waals surface area contributed by atoms with Crippen LogP contribution in [0, 0.1) is 6.92 Å². The molecule has 1 saturated heterocycles. The molecule has 3 rings (SSSR count). The van der Waals surface area contributed by atoms with Crippen molar-refractivity contribution in [3.63, 3.8) is 0 Å². The Labute approximate surface area is 159 Å². The molecule has 2 heterocycles. The lowest BCUT2D eigenvalue weighted by Crippen LogP contribution is -2.52. The number of hydrogen-bond donors (Lipinski definition) is 0. The van der Waals surface area contributed by atoms with Crippen LogP contribution in [-0.2, 0) is 4.74 Å². The second-order valence-corrected chi connectivity index (χ2v) is 6.37.